The van der Waals surface area contributed by atoms with Crippen LogP contribution in [0.4, 0.5) is 0 Å². The summed E-state index contributed by atoms with van der Waals surface area (Å²) in [5, 5.41) is 3.60. The highest BCUT2D eigenvalue weighted by molar-refractivity contribution is 7.09. The molecule has 0 radical (unpaired) electrons. The number of nitrogens with one attached hydrogen (secondary N) is 1. The first-order valence-electron chi connectivity index (χ1n) is 6.06. The Kier molecular flexibility index (Phi) is 4.71. The average molecular weight is 246 g/mol. The van der Waals surface area contributed by atoms with Crippen LogP contribution in [0.2, 0.25) is 0 Å². The van der Waals surface area contributed by atoms with Gasteiger partial charge in [-0.05, 0) is 18.5 Å². The van der Waals surface area contributed by atoms with Gasteiger partial charge in [0.05, 0.1) is 5.51 Å². The van der Waals surface area contributed by atoms with Gasteiger partial charge in [0.1, 0.15) is 0 Å². The van der Waals surface area contributed by atoms with Crippen LogP contribution < -0.4 is 5.32 Å². The summed E-state index contributed by atoms with van der Waals surface area (Å²) >= 11 is 1.73. The molecule has 90 valence electrons. The number of thiazole rings is 1. The van der Waals surface area contributed by atoms with Crippen molar-refractivity contribution >= 4 is 11.3 Å². The van der Waals surface area contributed by atoms with Crippen LogP contribution in [0, 0.1) is 0 Å². The third-order valence-electron chi connectivity index (χ3n) is 2.73. The summed E-state index contributed by atoms with van der Waals surface area (Å²) in [6, 6.07) is 11.0. The summed E-state index contributed by atoms with van der Waals surface area (Å²) in [6.07, 6.45) is 4.15. The molecule has 2 aromatic rings. The van der Waals surface area contributed by atoms with E-state index in [4.69, 9.17) is 0 Å². The van der Waals surface area contributed by atoms with Crippen LogP contribution in [0.5, 0.6) is 0 Å². The minimum absolute atomic E-state index is 0.400. The number of nitrogens with zero attached hydrogens (tertiary/aromatic N) is 1. The Bertz CT molecular complexity index is 411. The molecular formula is C14H18N2S. The molecule has 17 heavy (non-hydrogen) atoms. The molecule has 0 bridgehead atoms. The Labute approximate surface area is 107 Å². The normalized spacial score (nSPS) is 12.5. The largest absolute Gasteiger partial charge is 0.310 e. The predicted molar refractivity (Wildman–Crippen MR) is 73.3 cm³/mol. The first-order valence-corrected chi connectivity index (χ1v) is 6.94. The summed E-state index contributed by atoms with van der Waals surface area (Å²) in [6.45, 7) is 3.25. The molecule has 2 rings (SSSR count). The monoisotopic (exact) mass is 246 g/mol. The lowest BCUT2D eigenvalue weighted by molar-refractivity contribution is 0.532. The van der Waals surface area contributed by atoms with Gasteiger partial charge in [0, 0.05) is 23.5 Å². The van der Waals surface area contributed by atoms with Gasteiger partial charge in [-0.25, -0.2) is 0 Å². The van der Waals surface area contributed by atoms with Gasteiger partial charge >= 0.3 is 0 Å². The van der Waals surface area contributed by atoms with E-state index >= 15 is 0 Å². The molecule has 1 unspecified atom stereocenters. The molecule has 0 amide bonds. The molecule has 1 N–H and O–H groups in total. The van der Waals surface area contributed by atoms with Crippen LogP contribution in [0.15, 0.2) is 42.0 Å². The average Bonchev–Trinajstić information content (AvgIpc) is 2.88. The zero-order valence-electron chi connectivity index (χ0n) is 10.1. The van der Waals surface area contributed by atoms with Crippen LogP contribution in [0.25, 0.3) is 0 Å². The van der Waals surface area contributed by atoms with Crippen molar-refractivity contribution in [2.45, 2.75) is 25.8 Å². The lowest BCUT2D eigenvalue weighted by Gasteiger charge is -2.18. The maximum atomic E-state index is 4.14. The second-order valence-corrected chi connectivity index (χ2v) is 5.06. The van der Waals surface area contributed by atoms with Crippen molar-refractivity contribution in [1.82, 2.24) is 10.3 Å². The first-order chi connectivity index (χ1) is 8.40. The Morgan fingerprint density at radius 1 is 1.29 bits per heavy atom. The molecule has 0 fully saturated rings. The van der Waals surface area contributed by atoms with Crippen molar-refractivity contribution in [2.75, 3.05) is 6.54 Å². The highest BCUT2D eigenvalue weighted by atomic mass is 32.1. The molecule has 1 aromatic carbocycles. The highest BCUT2D eigenvalue weighted by Crippen LogP contribution is 2.20. The minimum Gasteiger partial charge on any atom is -0.310 e. The molecule has 0 saturated heterocycles. The van der Waals surface area contributed by atoms with E-state index in [1.54, 1.807) is 11.3 Å². The lowest BCUT2D eigenvalue weighted by atomic mass is 10.0. The van der Waals surface area contributed by atoms with Gasteiger partial charge < -0.3 is 5.32 Å². The van der Waals surface area contributed by atoms with Crippen LogP contribution >= 0.6 is 11.3 Å². The fraction of sp³-hybridized carbons (Fsp3) is 0.357. The number of aromatic nitrogens is 1. The molecule has 0 spiro atoms. The Balaban J connectivity index is 2.08. The van der Waals surface area contributed by atoms with Gasteiger partial charge in [-0.2, -0.15) is 0 Å². The molecule has 1 heterocycles. The van der Waals surface area contributed by atoms with Gasteiger partial charge in [0.15, 0.2) is 0 Å². The highest BCUT2D eigenvalue weighted by Gasteiger charge is 2.11. The summed E-state index contributed by atoms with van der Waals surface area (Å²) in [7, 11) is 0. The standard InChI is InChI=1S/C14H18N2S/c1-2-8-16-14(9-13-10-15-11-17-13)12-6-4-3-5-7-12/h3-7,10-11,14,16H,2,8-9H2,1H3. The molecule has 2 nitrogen and oxygen atoms in total. The van der Waals surface area contributed by atoms with Crippen molar-refractivity contribution in [3.05, 3.63) is 52.5 Å². The smallest absolute Gasteiger partial charge is 0.0794 e. The Hall–Kier alpha value is -1.19. The van der Waals surface area contributed by atoms with Crippen molar-refractivity contribution in [2.24, 2.45) is 0 Å². The zero-order chi connectivity index (χ0) is 11.9. The van der Waals surface area contributed by atoms with Gasteiger partial charge in [-0.1, -0.05) is 37.3 Å². The van der Waals surface area contributed by atoms with E-state index in [1.165, 1.54) is 10.4 Å². The first kappa shape index (κ1) is 12.3. The van der Waals surface area contributed by atoms with Gasteiger partial charge in [0.25, 0.3) is 0 Å². The second-order valence-electron chi connectivity index (χ2n) is 4.09. The fourth-order valence-corrected chi connectivity index (χ4v) is 2.50. The van der Waals surface area contributed by atoms with E-state index in [0.29, 0.717) is 6.04 Å². The van der Waals surface area contributed by atoms with Gasteiger partial charge in [0.2, 0.25) is 0 Å². The van der Waals surface area contributed by atoms with Crippen molar-refractivity contribution in [3.8, 4) is 0 Å². The number of rotatable bonds is 6. The van der Waals surface area contributed by atoms with E-state index in [0.717, 1.165) is 19.4 Å². The van der Waals surface area contributed by atoms with Crippen molar-refractivity contribution < 1.29 is 0 Å². The van der Waals surface area contributed by atoms with E-state index in [2.05, 4.69) is 47.6 Å². The maximum absolute atomic E-state index is 4.14. The summed E-state index contributed by atoms with van der Waals surface area (Å²) in [5.74, 6) is 0. The second kappa shape index (κ2) is 6.52. The van der Waals surface area contributed by atoms with Crippen molar-refractivity contribution in [1.29, 1.82) is 0 Å². The summed E-state index contributed by atoms with van der Waals surface area (Å²) in [5.41, 5.74) is 3.26. The minimum atomic E-state index is 0.400. The topological polar surface area (TPSA) is 24.9 Å². The van der Waals surface area contributed by atoms with Crippen LogP contribution in [-0.2, 0) is 6.42 Å². The van der Waals surface area contributed by atoms with E-state index in [-0.39, 0.29) is 0 Å². The molecule has 3 heteroatoms. The summed E-state index contributed by atoms with van der Waals surface area (Å²) < 4.78 is 0. The molecule has 0 aliphatic carbocycles. The van der Waals surface area contributed by atoms with Crippen molar-refractivity contribution in [3.63, 3.8) is 0 Å². The Morgan fingerprint density at radius 2 is 2.12 bits per heavy atom. The Morgan fingerprint density at radius 3 is 2.76 bits per heavy atom. The van der Waals surface area contributed by atoms with E-state index in [9.17, 15) is 0 Å². The fourth-order valence-electron chi connectivity index (χ4n) is 1.86. The maximum Gasteiger partial charge on any atom is 0.0794 e. The molecule has 1 aromatic heterocycles. The molecule has 0 aliphatic rings. The molecule has 0 saturated carbocycles. The summed E-state index contributed by atoms with van der Waals surface area (Å²) in [4.78, 5) is 5.48. The van der Waals surface area contributed by atoms with E-state index < -0.39 is 0 Å². The molecule has 1 atom stereocenters. The van der Waals surface area contributed by atoms with Gasteiger partial charge in [-0.15, -0.1) is 11.3 Å². The molecule has 0 aliphatic heterocycles. The van der Waals surface area contributed by atoms with Crippen LogP contribution in [0.1, 0.15) is 29.8 Å². The SMILES string of the molecule is CCCNC(Cc1cncs1)c1ccccc1. The third-order valence-corrected chi connectivity index (χ3v) is 3.53. The third kappa shape index (κ3) is 3.65. The van der Waals surface area contributed by atoms with Crippen LogP contribution in [0.3, 0.4) is 0 Å². The zero-order valence-corrected chi connectivity index (χ0v) is 10.9. The number of hydrogen-bond donors (Lipinski definition) is 1. The lowest BCUT2D eigenvalue weighted by Crippen LogP contribution is -2.23. The number of benzene rings is 1. The number of hydrogen-bond acceptors (Lipinski definition) is 3. The van der Waals surface area contributed by atoms with Crippen LogP contribution in [-0.4, -0.2) is 11.5 Å². The van der Waals surface area contributed by atoms with Gasteiger partial charge in [-0.3, -0.25) is 4.98 Å². The molecular weight excluding hydrogens is 228 g/mol. The van der Waals surface area contributed by atoms with E-state index in [1.807, 2.05) is 11.7 Å². The quantitative estimate of drug-likeness (QED) is 0.844. The predicted octanol–water partition coefficient (Wildman–Crippen LogP) is 3.43.